The Morgan fingerprint density at radius 2 is 1.96 bits per heavy atom. The second-order valence-corrected chi connectivity index (χ2v) is 8.18. The molecule has 2 atom stereocenters. The van der Waals surface area contributed by atoms with Gasteiger partial charge in [0.1, 0.15) is 5.82 Å². The van der Waals surface area contributed by atoms with Crippen molar-refractivity contribution in [1.29, 1.82) is 0 Å². The van der Waals surface area contributed by atoms with Crippen molar-refractivity contribution in [2.45, 2.75) is 25.9 Å². The van der Waals surface area contributed by atoms with Crippen molar-refractivity contribution >= 4 is 5.91 Å². The highest BCUT2D eigenvalue weighted by Gasteiger charge is 2.46. The van der Waals surface area contributed by atoms with Gasteiger partial charge >= 0.3 is 0 Å². The summed E-state index contributed by atoms with van der Waals surface area (Å²) in [5.41, 5.74) is 1.90. The molecule has 5 heteroatoms. The fourth-order valence-corrected chi connectivity index (χ4v) is 4.50. The molecule has 1 spiro atoms. The summed E-state index contributed by atoms with van der Waals surface area (Å²) in [5.74, 6) is -0.0234. The summed E-state index contributed by atoms with van der Waals surface area (Å²) in [6.45, 7) is 6.27. The Labute approximate surface area is 165 Å². The zero-order chi connectivity index (χ0) is 19.6. The van der Waals surface area contributed by atoms with Crippen LogP contribution in [0, 0.1) is 11.2 Å². The number of carbonyl (C=O) groups excluding carboxylic acids is 1. The van der Waals surface area contributed by atoms with E-state index in [1.54, 1.807) is 12.1 Å². The molecule has 148 valence electrons. The zero-order valence-electron chi connectivity index (χ0n) is 16.3. The van der Waals surface area contributed by atoms with Gasteiger partial charge in [0.25, 0.3) is 0 Å². The average molecular weight is 382 g/mol. The molecule has 1 amide bonds. The van der Waals surface area contributed by atoms with E-state index in [0.29, 0.717) is 32.7 Å². The molecule has 4 nitrogen and oxygen atoms in total. The van der Waals surface area contributed by atoms with Gasteiger partial charge in [-0.25, -0.2) is 4.39 Å². The van der Waals surface area contributed by atoms with Crippen molar-refractivity contribution in [3.05, 3.63) is 71.5 Å². The zero-order valence-corrected chi connectivity index (χ0v) is 16.3. The molecule has 0 bridgehead atoms. The molecule has 0 saturated carbocycles. The van der Waals surface area contributed by atoms with E-state index in [1.165, 1.54) is 6.07 Å². The van der Waals surface area contributed by atoms with Crippen molar-refractivity contribution in [1.82, 2.24) is 9.80 Å². The van der Waals surface area contributed by atoms with Crippen molar-refractivity contribution < 1.29 is 13.9 Å². The number of rotatable bonds is 4. The molecule has 28 heavy (non-hydrogen) atoms. The summed E-state index contributed by atoms with van der Waals surface area (Å²) in [6, 6.07) is 17.0. The molecule has 2 unspecified atom stereocenters. The molecule has 2 heterocycles. The maximum absolute atomic E-state index is 13.6. The summed E-state index contributed by atoms with van der Waals surface area (Å²) in [6.07, 6.45) is 0.504. The Morgan fingerprint density at radius 1 is 1.14 bits per heavy atom. The van der Waals surface area contributed by atoms with Crippen LogP contribution in [0.25, 0.3) is 0 Å². The summed E-state index contributed by atoms with van der Waals surface area (Å²) >= 11 is 0. The minimum Gasteiger partial charge on any atom is -0.379 e. The van der Waals surface area contributed by atoms with E-state index >= 15 is 0 Å². The van der Waals surface area contributed by atoms with Gasteiger partial charge in [-0.05, 0) is 30.2 Å². The van der Waals surface area contributed by atoms with Crippen molar-refractivity contribution in [3.8, 4) is 0 Å². The molecular formula is C23H27FN2O2. The molecule has 0 aromatic heterocycles. The second kappa shape index (κ2) is 8.02. The van der Waals surface area contributed by atoms with Gasteiger partial charge in [0.05, 0.1) is 19.3 Å². The minimum atomic E-state index is -0.211. The van der Waals surface area contributed by atoms with E-state index in [4.69, 9.17) is 4.74 Å². The number of amides is 1. The van der Waals surface area contributed by atoms with E-state index in [0.717, 1.165) is 24.2 Å². The van der Waals surface area contributed by atoms with Crippen LogP contribution in [0.1, 0.15) is 30.5 Å². The molecule has 2 aromatic carbocycles. The number of likely N-dealkylation sites (tertiary alicyclic amines) is 1. The second-order valence-electron chi connectivity index (χ2n) is 8.18. The van der Waals surface area contributed by atoms with E-state index < -0.39 is 0 Å². The molecule has 0 aliphatic carbocycles. The highest BCUT2D eigenvalue weighted by atomic mass is 19.1. The quantitative estimate of drug-likeness (QED) is 0.809. The lowest BCUT2D eigenvalue weighted by Crippen LogP contribution is -2.40. The molecule has 2 saturated heterocycles. The number of benzene rings is 2. The van der Waals surface area contributed by atoms with E-state index in [2.05, 4.69) is 24.0 Å². The van der Waals surface area contributed by atoms with E-state index in [9.17, 15) is 9.18 Å². The van der Waals surface area contributed by atoms with Crippen LogP contribution < -0.4 is 0 Å². The smallest absolute Gasteiger partial charge is 0.223 e. The fraction of sp³-hybridized carbons (Fsp3) is 0.435. The number of halogens is 1. The standard InChI is InChI=1S/C23H27FN2O2/c1-18(20-7-3-2-4-8-20)26-16-23(13-22(26)27)15-25(10-11-28-17-23)14-19-6-5-9-21(24)12-19/h2-9,12,18H,10-11,13-17H2,1H3. The predicted octanol–water partition coefficient (Wildman–Crippen LogP) is 3.64. The molecule has 2 fully saturated rings. The molecule has 2 aliphatic heterocycles. The highest BCUT2D eigenvalue weighted by molar-refractivity contribution is 5.80. The number of nitrogens with zero attached hydrogens (tertiary/aromatic N) is 2. The number of ether oxygens (including phenoxy) is 1. The number of hydrogen-bond donors (Lipinski definition) is 0. The summed E-state index contributed by atoms with van der Waals surface area (Å²) in [4.78, 5) is 17.2. The van der Waals surface area contributed by atoms with Gasteiger partial charge < -0.3 is 9.64 Å². The molecule has 0 N–H and O–H groups in total. The van der Waals surface area contributed by atoms with Crippen LogP contribution in [0.15, 0.2) is 54.6 Å². The van der Waals surface area contributed by atoms with Crippen molar-refractivity contribution in [2.24, 2.45) is 5.41 Å². The first-order valence-electron chi connectivity index (χ1n) is 9.94. The van der Waals surface area contributed by atoms with Crippen LogP contribution in [-0.2, 0) is 16.1 Å². The lowest BCUT2D eigenvalue weighted by Gasteiger charge is -2.33. The van der Waals surface area contributed by atoms with Crippen LogP contribution in [-0.4, -0.2) is 48.6 Å². The average Bonchev–Trinajstić information content (AvgIpc) is 2.88. The summed E-state index contributed by atoms with van der Waals surface area (Å²) in [7, 11) is 0. The predicted molar refractivity (Wildman–Crippen MR) is 106 cm³/mol. The third-order valence-electron chi connectivity index (χ3n) is 5.92. The Hall–Kier alpha value is -2.24. The summed E-state index contributed by atoms with van der Waals surface area (Å²) in [5, 5.41) is 0. The van der Waals surface area contributed by atoms with Gasteiger partial charge in [-0.15, -0.1) is 0 Å². The van der Waals surface area contributed by atoms with Crippen LogP contribution in [0.4, 0.5) is 4.39 Å². The number of hydrogen-bond acceptors (Lipinski definition) is 3. The molecule has 2 aromatic rings. The van der Waals surface area contributed by atoms with E-state index in [1.807, 2.05) is 29.2 Å². The maximum Gasteiger partial charge on any atom is 0.223 e. The Bertz CT molecular complexity index is 828. The summed E-state index contributed by atoms with van der Waals surface area (Å²) < 4.78 is 19.5. The van der Waals surface area contributed by atoms with Crippen molar-refractivity contribution in [2.75, 3.05) is 32.8 Å². The van der Waals surface area contributed by atoms with Crippen LogP contribution >= 0.6 is 0 Å². The third-order valence-corrected chi connectivity index (χ3v) is 5.92. The third kappa shape index (κ3) is 4.10. The lowest BCUT2D eigenvalue weighted by atomic mass is 9.87. The largest absolute Gasteiger partial charge is 0.379 e. The van der Waals surface area contributed by atoms with Gasteiger partial charge in [0.15, 0.2) is 0 Å². The van der Waals surface area contributed by atoms with E-state index in [-0.39, 0.29) is 23.2 Å². The lowest BCUT2D eigenvalue weighted by molar-refractivity contribution is -0.129. The molecule has 2 aliphatic rings. The van der Waals surface area contributed by atoms with Crippen LogP contribution in [0.3, 0.4) is 0 Å². The van der Waals surface area contributed by atoms with Gasteiger partial charge in [-0.3, -0.25) is 9.69 Å². The van der Waals surface area contributed by atoms with Gasteiger partial charge in [-0.1, -0.05) is 42.5 Å². The van der Waals surface area contributed by atoms with Gasteiger partial charge in [0, 0.05) is 38.0 Å². The first-order valence-corrected chi connectivity index (χ1v) is 9.94. The van der Waals surface area contributed by atoms with Crippen molar-refractivity contribution in [3.63, 3.8) is 0 Å². The topological polar surface area (TPSA) is 32.8 Å². The molecule has 4 rings (SSSR count). The van der Waals surface area contributed by atoms with Gasteiger partial charge in [-0.2, -0.15) is 0 Å². The maximum atomic E-state index is 13.6. The van der Waals surface area contributed by atoms with Crippen LogP contribution in [0.5, 0.6) is 0 Å². The number of carbonyl (C=O) groups is 1. The highest BCUT2D eigenvalue weighted by Crippen LogP contribution is 2.38. The Morgan fingerprint density at radius 3 is 2.75 bits per heavy atom. The fourth-order valence-electron chi connectivity index (χ4n) is 4.50. The monoisotopic (exact) mass is 382 g/mol. The first-order chi connectivity index (χ1) is 13.5. The Balaban J connectivity index is 1.49. The normalized spacial score (nSPS) is 24.5. The van der Waals surface area contributed by atoms with Gasteiger partial charge in [0.2, 0.25) is 5.91 Å². The Kier molecular flexibility index (Phi) is 5.47. The molecule has 0 radical (unpaired) electrons. The van der Waals surface area contributed by atoms with Crippen LogP contribution in [0.2, 0.25) is 0 Å². The first kappa shape index (κ1) is 19.1. The molecular weight excluding hydrogens is 355 g/mol. The SMILES string of the molecule is CC(c1ccccc1)N1CC2(COCCN(Cc3cccc(F)c3)C2)CC1=O. The minimum absolute atomic E-state index is 0.0491.